The molecule has 0 aromatic carbocycles. The van der Waals surface area contributed by atoms with Crippen LogP contribution in [-0.2, 0) is 9.47 Å². The van der Waals surface area contributed by atoms with E-state index in [0.29, 0.717) is 30.3 Å². The summed E-state index contributed by atoms with van der Waals surface area (Å²) >= 11 is 0. The zero-order chi connectivity index (χ0) is 20.2. The van der Waals surface area contributed by atoms with E-state index in [0.717, 1.165) is 19.3 Å². The minimum absolute atomic E-state index is 0.312. The summed E-state index contributed by atoms with van der Waals surface area (Å²) < 4.78 is 18.0. The first-order valence-corrected chi connectivity index (χ1v) is 9.69. The molecule has 7 heteroatoms. The minimum Gasteiger partial charge on any atom is -0.464 e. The van der Waals surface area contributed by atoms with E-state index in [-0.39, 0.29) is 5.90 Å². The van der Waals surface area contributed by atoms with E-state index in [1.54, 1.807) is 19.1 Å². The molecule has 1 saturated carbocycles. The van der Waals surface area contributed by atoms with Crippen LogP contribution in [0, 0.1) is 69.0 Å². The number of aryl methyl sites for hydroxylation is 1. The maximum absolute atomic E-state index is 10.3. The summed E-state index contributed by atoms with van der Waals surface area (Å²) in [4.78, 5) is 0. The second-order valence-corrected chi connectivity index (χ2v) is 8.12. The Balaban J connectivity index is 1.92. The first-order valence-electron chi connectivity index (χ1n) is 9.69. The van der Waals surface area contributed by atoms with Crippen LogP contribution >= 0.6 is 0 Å². The fourth-order valence-electron chi connectivity index (χ4n) is 5.44. The Morgan fingerprint density at radius 3 is 2.54 bits per heavy atom. The van der Waals surface area contributed by atoms with Crippen molar-refractivity contribution in [1.82, 2.24) is 0 Å². The van der Waals surface area contributed by atoms with Crippen LogP contribution in [-0.4, -0.2) is 11.7 Å². The number of furan rings is 1. The van der Waals surface area contributed by atoms with E-state index in [4.69, 9.17) is 19.3 Å². The van der Waals surface area contributed by atoms with Crippen LogP contribution < -0.4 is 0 Å². The number of rotatable bonds is 3. The zero-order valence-electron chi connectivity index (χ0n) is 16.0. The van der Waals surface area contributed by atoms with Crippen molar-refractivity contribution in [2.24, 2.45) is 22.7 Å². The SMILES string of the molecule is CCCC1CCC23OC(=N)C(C#N)(C2C1)C(C#N)(C#N)C(c1ccc(C)o1)O3. The van der Waals surface area contributed by atoms with E-state index in [1.807, 2.05) is 0 Å². The molecule has 0 spiro atoms. The maximum Gasteiger partial charge on any atom is 0.217 e. The van der Waals surface area contributed by atoms with Gasteiger partial charge >= 0.3 is 0 Å². The Labute approximate surface area is 164 Å². The molecule has 1 N–H and O–H groups in total. The largest absolute Gasteiger partial charge is 0.464 e. The third-order valence-corrected chi connectivity index (χ3v) is 6.73. The first-order chi connectivity index (χ1) is 13.4. The highest BCUT2D eigenvalue weighted by molar-refractivity contribution is 5.89. The summed E-state index contributed by atoms with van der Waals surface area (Å²) in [6.45, 7) is 3.87. The molecule has 0 radical (unpaired) electrons. The molecule has 3 heterocycles. The normalized spacial score (nSPS) is 37.8. The van der Waals surface area contributed by atoms with Crippen molar-refractivity contribution in [3.63, 3.8) is 0 Å². The molecule has 7 nitrogen and oxygen atoms in total. The summed E-state index contributed by atoms with van der Waals surface area (Å²) in [5.41, 5.74) is -3.62. The van der Waals surface area contributed by atoms with Crippen molar-refractivity contribution in [3.05, 3.63) is 23.7 Å². The van der Waals surface area contributed by atoms with E-state index in [1.165, 1.54) is 0 Å². The lowest BCUT2D eigenvalue weighted by Gasteiger charge is -2.52. The molecule has 28 heavy (non-hydrogen) atoms. The van der Waals surface area contributed by atoms with Gasteiger partial charge < -0.3 is 13.9 Å². The lowest BCUT2D eigenvalue weighted by molar-refractivity contribution is -0.302. The number of nitriles is 3. The van der Waals surface area contributed by atoms with Crippen molar-refractivity contribution in [1.29, 1.82) is 21.2 Å². The average Bonchev–Trinajstić information content (AvgIpc) is 3.20. The van der Waals surface area contributed by atoms with Gasteiger partial charge in [-0.25, -0.2) is 0 Å². The van der Waals surface area contributed by atoms with Crippen LogP contribution in [0.15, 0.2) is 16.5 Å². The van der Waals surface area contributed by atoms with E-state index < -0.39 is 28.6 Å². The summed E-state index contributed by atoms with van der Waals surface area (Å²) in [7, 11) is 0. The molecule has 1 aromatic rings. The second-order valence-electron chi connectivity index (χ2n) is 8.12. The van der Waals surface area contributed by atoms with E-state index in [9.17, 15) is 15.8 Å². The van der Waals surface area contributed by atoms with Gasteiger partial charge in [-0.2, -0.15) is 15.8 Å². The third-order valence-electron chi connectivity index (χ3n) is 6.73. The van der Waals surface area contributed by atoms with Crippen LogP contribution in [0.3, 0.4) is 0 Å². The zero-order valence-corrected chi connectivity index (χ0v) is 16.0. The molecular formula is C21H22N4O3. The quantitative estimate of drug-likeness (QED) is 0.842. The fourth-order valence-corrected chi connectivity index (χ4v) is 5.44. The van der Waals surface area contributed by atoms with Crippen molar-refractivity contribution >= 4 is 5.90 Å². The molecule has 5 unspecified atom stereocenters. The van der Waals surface area contributed by atoms with Crippen LogP contribution in [0.5, 0.6) is 0 Å². The van der Waals surface area contributed by atoms with Gasteiger partial charge in [0.25, 0.3) is 0 Å². The summed E-state index contributed by atoms with van der Waals surface area (Å²) in [5, 5.41) is 39.2. The van der Waals surface area contributed by atoms with E-state index >= 15 is 0 Å². The Kier molecular flexibility index (Phi) is 4.03. The van der Waals surface area contributed by atoms with Crippen LogP contribution in [0.2, 0.25) is 0 Å². The summed E-state index contributed by atoms with van der Waals surface area (Å²) in [6.07, 6.45) is 2.89. The molecule has 0 amide bonds. The molecule has 3 fully saturated rings. The first kappa shape index (κ1) is 18.5. The minimum atomic E-state index is -1.93. The maximum atomic E-state index is 10.3. The standard InChI is InChI=1S/C21H22N4O3/c1-3-4-14-7-8-21-16(9-14)20(12-24,18(25)28-21)19(10-22,11-23)17(27-21)15-6-5-13(2)26-15/h5-6,14,16-17,25H,3-4,7-9H2,1-2H3. The summed E-state index contributed by atoms with van der Waals surface area (Å²) in [6, 6.07) is 9.72. The van der Waals surface area contributed by atoms with Gasteiger partial charge in [-0.1, -0.05) is 19.8 Å². The molecule has 5 atom stereocenters. The molecule has 2 aliphatic heterocycles. The van der Waals surface area contributed by atoms with Gasteiger partial charge in [-0.15, -0.1) is 0 Å². The number of hydrogen-bond donors (Lipinski definition) is 1. The summed E-state index contributed by atoms with van der Waals surface area (Å²) in [5.74, 6) is -0.748. The fraction of sp³-hybridized carbons (Fsp3) is 0.619. The van der Waals surface area contributed by atoms with Gasteiger partial charge in [-0.05, 0) is 37.8 Å². The molecule has 4 rings (SSSR count). The van der Waals surface area contributed by atoms with Gasteiger partial charge in [0.1, 0.15) is 11.5 Å². The molecule has 144 valence electrons. The predicted octanol–water partition coefficient (Wildman–Crippen LogP) is 4.12. The molecule has 1 aromatic heterocycles. The molecule has 2 bridgehead atoms. The van der Waals surface area contributed by atoms with Crippen molar-refractivity contribution < 1.29 is 13.9 Å². The highest BCUT2D eigenvalue weighted by atomic mass is 16.7. The van der Waals surface area contributed by atoms with Gasteiger partial charge in [0.05, 0.1) is 24.1 Å². The Hall–Kier alpha value is -2.82. The Morgan fingerprint density at radius 2 is 1.96 bits per heavy atom. The molecular weight excluding hydrogens is 356 g/mol. The van der Waals surface area contributed by atoms with Gasteiger partial charge in [0.15, 0.2) is 11.5 Å². The Morgan fingerprint density at radius 1 is 1.21 bits per heavy atom. The monoisotopic (exact) mass is 378 g/mol. The second kappa shape index (κ2) is 6.09. The number of nitrogens with zero attached hydrogens (tertiary/aromatic N) is 3. The molecule has 1 aliphatic carbocycles. The molecule has 3 aliphatic rings. The molecule has 2 saturated heterocycles. The smallest absolute Gasteiger partial charge is 0.217 e. The topological polar surface area (TPSA) is 127 Å². The highest BCUT2D eigenvalue weighted by Gasteiger charge is 2.81. The van der Waals surface area contributed by atoms with Gasteiger partial charge in [0, 0.05) is 6.42 Å². The van der Waals surface area contributed by atoms with Gasteiger partial charge in [-0.3, -0.25) is 5.41 Å². The van der Waals surface area contributed by atoms with Gasteiger partial charge in [0.2, 0.25) is 17.1 Å². The van der Waals surface area contributed by atoms with Crippen molar-refractivity contribution in [3.8, 4) is 18.2 Å². The number of ether oxygens (including phenoxy) is 2. The highest BCUT2D eigenvalue weighted by Crippen LogP contribution is 2.70. The van der Waals surface area contributed by atoms with Crippen LogP contribution in [0.1, 0.15) is 56.7 Å². The van der Waals surface area contributed by atoms with Crippen LogP contribution in [0.4, 0.5) is 0 Å². The average molecular weight is 378 g/mol. The van der Waals surface area contributed by atoms with Crippen molar-refractivity contribution in [2.45, 2.75) is 57.8 Å². The van der Waals surface area contributed by atoms with Crippen molar-refractivity contribution in [2.75, 3.05) is 0 Å². The van der Waals surface area contributed by atoms with Crippen LogP contribution in [0.25, 0.3) is 0 Å². The number of hydrogen-bond acceptors (Lipinski definition) is 7. The number of nitrogens with one attached hydrogen (secondary N) is 1. The lowest BCUT2D eigenvalue weighted by Crippen LogP contribution is -2.61. The lowest BCUT2D eigenvalue weighted by atomic mass is 9.51. The third kappa shape index (κ3) is 2.02. The Bertz CT molecular complexity index is 934. The van der Waals surface area contributed by atoms with E-state index in [2.05, 4.69) is 25.1 Å². The predicted molar refractivity (Wildman–Crippen MR) is 96.3 cm³/mol.